The van der Waals surface area contributed by atoms with Gasteiger partial charge in [0.1, 0.15) is 5.78 Å². The van der Waals surface area contributed by atoms with E-state index in [2.05, 4.69) is 13.8 Å². The van der Waals surface area contributed by atoms with E-state index in [9.17, 15) is 4.79 Å². The summed E-state index contributed by atoms with van der Waals surface area (Å²) in [6.45, 7) is 8.34. The zero-order chi connectivity index (χ0) is 11.0. The number of hydrogen-bond acceptors (Lipinski definition) is 2. The van der Waals surface area contributed by atoms with Gasteiger partial charge in [-0.1, -0.05) is 27.2 Å². The van der Waals surface area contributed by atoms with Crippen molar-refractivity contribution in [2.75, 3.05) is 0 Å². The first kappa shape index (κ1) is 11.7. The molecule has 0 amide bonds. The summed E-state index contributed by atoms with van der Waals surface area (Å²) >= 11 is 0. The summed E-state index contributed by atoms with van der Waals surface area (Å²) in [5.74, 6) is 0.335. The Balaban J connectivity index is 2.80. The minimum absolute atomic E-state index is 0.00192. The summed E-state index contributed by atoms with van der Waals surface area (Å²) in [6.07, 6.45) is 3.89. The summed E-state index contributed by atoms with van der Waals surface area (Å²) in [6, 6.07) is 0. The highest BCUT2D eigenvalue weighted by Crippen LogP contribution is 2.36. The molecule has 0 aromatic carbocycles. The molecule has 1 fully saturated rings. The van der Waals surface area contributed by atoms with Crippen LogP contribution in [0.4, 0.5) is 0 Å². The fourth-order valence-corrected chi connectivity index (χ4v) is 2.25. The van der Waals surface area contributed by atoms with Crippen molar-refractivity contribution >= 4 is 5.78 Å². The van der Waals surface area contributed by atoms with Gasteiger partial charge < -0.3 is 5.73 Å². The molecule has 2 nitrogen and oxygen atoms in total. The third-order valence-electron chi connectivity index (χ3n) is 3.69. The van der Waals surface area contributed by atoms with Gasteiger partial charge in [0.05, 0.1) is 0 Å². The number of carbonyl (C=O) groups excluding carboxylic acids is 1. The molecule has 14 heavy (non-hydrogen) atoms. The molecule has 1 aliphatic carbocycles. The van der Waals surface area contributed by atoms with Crippen LogP contribution in [0.5, 0.6) is 0 Å². The van der Waals surface area contributed by atoms with Crippen molar-refractivity contribution in [3.05, 3.63) is 0 Å². The van der Waals surface area contributed by atoms with Crippen LogP contribution in [0.2, 0.25) is 0 Å². The van der Waals surface area contributed by atoms with E-state index >= 15 is 0 Å². The molecule has 0 aromatic rings. The maximum absolute atomic E-state index is 11.9. The van der Waals surface area contributed by atoms with Crippen LogP contribution in [0.25, 0.3) is 0 Å². The van der Waals surface area contributed by atoms with E-state index in [0.717, 1.165) is 19.3 Å². The number of hydrogen-bond donors (Lipinski definition) is 1. The first-order chi connectivity index (χ1) is 6.25. The Bertz CT molecular complexity index is 230. The van der Waals surface area contributed by atoms with Gasteiger partial charge in [0, 0.05) is 17.9 Å². The quantitative estimate of drug-likeness (QED) is 0.648. The molecule has 1 rings (SSSR count). The predicted octanol–water partition coefficient (Wildman–Crippen LogP) is 2.51. The van der Waals surface area contributed by atoms with Crippen molar-refractivity contribution in [2.24, 2.45) is 17.1 Å². The molecule has 0 bridgehead atoms. The summed E-state index contributed by atoms with van der Waals surface area (Å²) < 4.78 is 0. The van der Waals surface area contributed by atoms with E-state index in [1.807, 2.05) is 13.8 Å². The first-order valence-electron chi connectivity index (χ1n) is 5.56. The van der Waals surface area contributed by atoms with Crippen LogP contribution in [0, 0.1) is 11.3 Å². The monoisotopic (exact) mass is 197 g/mol. The second-order valence-electron chi connectivity index (χ2n) is 5.89. The highest BCUT2D eigenvalue weighted by Gasteiger charge is 2.36. The molecule has 0 radical (unpaired) electrons. The summed E-state index contributed by atoms with van der Waals surface area (Å²) in [5, 5.41) is 0. The van der Waals surface area contributed by atoms with E-state index in [4.69, 9.17) is 5.73 Å². The van der Waals surface area contributed by atoms with E-state index in [1.165, 1.54) is 0 Å². The van der Waals surface area contributed by atoms with Gasteiger partial charge in [0.15, 0.2) is 0 Å². The van der Waals surface area contributed by atoms with Gasteiger partial charge in [0.2, 0.25) is 0 Å². The van der Waals surface area contributed by atoms with E-state index < -0.39 is 0 Å². The Kier molecular flexibility index (Phi) is 3.05. The molecule has 82 valence electrons. The molecule has 0 saturated heterocycles. The van der Waals surface area contributed by atoms with Gasteiger partial charge in [-0.05, 0) is 25.2 Å². The van der Waals surface area contributed by atoms with Crippen LogP contribution in [0.15, 0.2) is 0 Å². The predicted molar refractivity (Wildman–Crippen MR) is 59.0 cm³/mol. The van der Waals surface area contributed by atoms with Crippen molar-refractivity contribution in [1.29, 1.82) is 0 Å². The Morgan fingerprint density at radius 2 is 1.86 bits per heavy atom. The smallest absolute Gasteiger partial charge is 0.138 e. The number of rotatable bonds is 0. The van der Waals surface area contributed by atoms with Crippen molar-refractivity contribution in [3.63, 3.8) is 0 Å². The Morgan fingerprint density at radius 3 is 2.43 bits per heavy atom. The molecule has 1 saturated carbocycles. The summed E-state index contributed by atoms with van der Waals surface area (Å²) in [7, 11) is 0. The van der Waals surface area contributed by atoms with Crippen LogP contribution in [-0.4, -0.2) is 11.3 Å². The van der Waals surface area contributed by atoms with Gasteiger partial charge in [0.25, 0.3) is 0 Å². The standard InChI is InChI=1S/C12H23NO/c1-9-10(14)8-11(2,3)6-5-7-12(9,4)13/h9H,5-8,13H2,1-4H3/t9-,12+/m0/s1. The Hall–Kier alpha value is -0.370. The zero-order valence-corrected chi connectivity index (χ0v) is 9.89. The lowest BCUT2D eigenvalue weighted by atomic mass is 9.70. The van der Waals surface area contributed by atoms with Crippen LogP contribution in [0.3, 0.4) is 0 Å². The molecule has 0 aliphatic heterocycles. The lowest BCUT2D eigenvalue weighted by molar-refractivity contribution is -0.127. The fraction of sp³-hybridized carbons (Fsp3) is 0.917. The van der Waals surface area contributed by atoms with Crippen molar-refractivity contribution in [2.45, 2.75) is 58.9 Å². The van der Waals surface area contributed by atoms with Crippen LogP contribution < -0.4 is 5.73 Å². The molecule has 0 unspecified atom stereocenters. The highest BCUT2D eigenvalue weighted by atomic mass is 16.1. The summed E-state index contributed by atoms with van der Waals surface area (Å²) in [4.78, 5) is 11.9. The lowest BCUT2D eigenvalue weighted by Crippen LogP contribution is -2.48. The van der Waals surface area contributed by atoms with Crippen molar-refractivity contribution in [1.82, 2.24) is 0 Å². The lowest BCUT2D eigenvalue weighted by Gasteiger charge is -2.37. The SMILES string of the molecule is C[C@H]1C(=O)CC(C)(C)CCC[C@@]1(C)N. The Morgan fingerprint density at radius 1 is 1.29 bits per heavy atom. The zero-order valence-electron chi connectivity index (χ0n) is 9.89. The van der Waals surface area contributed by atoms with Gasteiger partial charge in [-0.2, -0.15) is 0 Å². The third-order valence-corrected chi connectivity index (χ3v) is 3.69. The number of carbonyl (C=O) groups is 1. The molecular weight excluding hydrogens is 174 g/mol. The molecule has 2 N–H and O–H groups in total. The van der Waals surface area contributed by atoms with E-state index in [-0.39, 0.29) is 16.9 Å². The second kappa shape index (κ2) is 3.65. The van der Waals surface area contributed by atoms with Crippen molar-refractivity contribution in [3.8, 4) is 0 Å². The maximum atomic E-state index is 11.9. The highest BCUT2D eigenvalue weighted by molar-refractivity contribution is 5.82. The topological polar surface area (TPSA) is 43.1 Å². The van der Waals surface area contributed by atoms with Gasteiger partial charge in [-0.25, -0.2) is 0 Å². The second-order valence-corrected chi connectivity index (χ2v) is 5.89. The largest absolute Gasteiger partial charge is 0.325 e. The van der Waals surface area contributed by atoms with Crippen LogP contribution in [0.1, 0.15) is 53.4 Å². The molecule has 0 aromatic heterocycles. The van der Waals surface area contributed by atoms with Gasteiger partial charge in [-0.15, -0.1) is 0 Å². The fourth-order valence-electron chi connectivity index (χ4n) is 2.25. The van der Waals surface area contributed by atoms with E-state index in [1.54, 1.807) is 0 Å². The molecule has 0 heterocycles. The van der Waals surface area contributed by atoms with Crippen LogP contribution in [-0.2, 0) is 4.79 Å². The minimum Gasteiger partial charge on any atom is -0.325 e. The number of ketones is 1. The normalized spacial score (nSPS) is 38.9. The molecule has 2 heteroatoms. The summed E-state index contributed by atoms with van der Waals surface area (Å²) in [5.41, 5.74) is 6.02. The molecule has 2 atom stereocenters. The van der Waals surface area contributed by atoms with Crippen molar-refractivity contribution < 1.29 is 4.79 Å². The number of Topliss-reactive ketones (excluding diaryl/α,β-unsaturated/α-hetero) is 1. The third kappa shape index (κ3) is 2.57. The van der Waals surface area contributed by atoms with Gasteiger partial charge >= 0.3 is 0 Å². The molecule has 0 spiro atoms. The average Bonchev–Trinajstić information content (AvgIpc) is 1.99. The number of nitrogens with two attached hydrogens (primary N) is 1. The average molecular weight is 197 g/mol. The minimum atomic E-state index is -0.298. The first-order valence-corrected chi connectivity index (χ1v) is 5.56. The van der Waals surface area contributed by atoms with Crippen LogP contribution >= 0.6 is 0 Å². The Labute approximate surface area is 87.2 Å². The maximum Gasteiger partial charge on any atom is 0.138 e. The van der Waals surface area contributed by atoms with E-state index in [0.29, 0.717) is 12.2 Å². The molecule has 1 aliphatic rings. The van der Waals surface area contributed by atoms with Gasteiger partial charge in [-0.3, -0.25) is 4.79 Å². The molecular formula is C12H23NO.